The molecule has 22 heavy (non-hydrogen) atoms. The van der Waals surface area contributed by atoms with Crippen LogP contribution in [-0.4, -0.2) is 26.7 Å². The van der Waals surface area contributed by atoms with Crippen molar-refractivity contribution in [1.29, 1.82) is 0 Å². The van der Waals surface area contributed by atoms with Gasteiger partial charge in [-0.1, -0.05) is 22.0 Å². The van der Waals surface area contributed by atoms with E-state index in [1.165, 1.54) is 0 Å². The van der Waals surface area contributed by atoms with Gasteiger partial charge in [0.1, 0.15) is 0 Å². The number of halogens is 1. The third kappa shape index (κ3) is 4.24. The molecule has 0 aromatic heterocycles. The molecule has 0 saturated carbocycles. The number of benzene rings is 2. The fraction of sp³-hybridized carbons (Fsp3) is 0.235. The molecular formula is C17H18BrNO3. The zero-order valence-corrected chi connectivity index (χ0v) is 14.1. The number of carbonyl (C=O) groups excluding carboxylic acids is 1. The summed E-state index contributed by atoms with van der Waals surface area (Å²) in [6.45, 7) is 0.560. The molecule has 0 fully saturated rings. The van der Waals surface area contributed by atoms with E-state index in [2.05, 4.69) is 21.2 Å². The van der Waals surface area contributed by atoms with Crippen LogP contribution in [0.3, 0.4) is 0 Å². The van der Waals surface area contributed by atoms with E-state index in [9.17, 15) is 4.79 Å². The topological polar surface area (TPSA) is 47.6 Å². The van der Waals surface area contributed by atoms with Gasteiger partial charge < -0.3 is 14.8 Å². The van der Waals surface area contributed by atoms with Crippen LogP contribution < -0.4 is 14.8 Å². The number of rotatable bonds is 6. The zero-order chi connectivity index (χ0) is 15.9. The first kappa shape index (κ1) is 16.4. The molecule has 0 bridgehead atoms. The predicted molar refractivity (Wildman–Crippen MR) is 89.7 cm³/mol. The SMILES string of the molecule is COc1ccc(CCNC(=O)c2ccc(Br)cc2)cc1OC. The maximum Gasteiger partial charge on any atom is 0.251 e. The normalized spacial score (nSPS) is 10.1. The van der Waals surface area contributed by atoms with Crippen LogP contribution in [-0.2, 0) is 6.42 Å². The summed E-state index contributed by atoms with van der Waals surface area (Å²) in [5.74, 6) is 1.32. The average Bonchev–Trinajstić information content (AvgIpc) is 2.55. The first-order valence-corrected chi connectivity index (χ1v) is 7.68. The Bertz CT molecular complexity index is 641. The number of carbonyl (C=O) groups is 1. The maximum atomic E-state index is 12.0. The molecule has 2 aromatic rings. The van der Waals surface area contributed by atoms with Crippen molar-refractivity contribution in [2.24, 2.45) is 0 Å². The molecule has 0 heterocycles. The summed E-state index contributed by atoms with van der Waals surface area (Å²) in [6, 6.07) is 13.0. The molecule has 0 unspecified atom stereocenters. The van der Waals surface area contributed by atoms with Crippen molar-refractivity contribution in [2.75, 3.05) is 20.8 Å². The second-order valence-electron chi connectivity index (χ2n) is 4.70. The van der Waals surface area contributed by atoms with Crippen LogP contribution in [0.15, 0.2) is 46.9 Å². The fourth-order valence-electron chi connectivity index (χ4n) is 2.06. The highest BCUT2D eigenvalue weighted by atomic mass is 79.9. The second kappa shape index (κ2) is 7.84. The summed E-state index contributed by atoms with van der Waals surface area (Å²) in [4.78, 5) is 12.0. The smallest absolute Gasteiger partial charge is 0.251 e. The van der Waals surface area contributed by atoms with Crippen molar-refractivity contribution in [3.05, 3.63) is 58.1 Å². The van der Waals surface area contributed by atoms with E-state index in [1.807, 2.05) is 30.3 Å². The minimum Gasteiger partial charge on any atom is -0.493 e. The molecule has 0 spiro atoms. The van der Waals surface area contributed by atoms with E-state index in [0.717, 1.165) is 16.5 Å². The second-order valence-corrected chi connectivity index (χ2v) is 5.62. The molecule has 0 radical (unpaired) electrons. The Morgan fingerprint density at radius 2 is 1.73 bits per heavy atom. The standard InChI is InChI=1S/C17H18BrNO3/c1-21-15-8-3-12(11-16(15)22-2)9-10-19-17(20)13-4-6-14(18)7-5-13/h3-8,11H,9-10H2,1-2H3,(H,19,20). The van der Waals surface area contributed by atoms with E-state index in [4.69, 9.17) is 9.47 Å². The maximum absolute atomic E-state index is 12.0. The minimum absolute atomic E-state index is 0.0759. The summed E-state index contributed by atoms with van der Waals surface area (Å²) in [7, 11) is 3.22. The molecule has 0 aliphatic carbocycles. The van der Waals surface area contributed by atoms with Gasteiger partial charge in [0, 0.05) is 16.6 Å². The lowest BCUT2D eigenvalue weighted by Gasteiger charge is -2.10. The number of ether oxygens (including phenoxy) is 2. The van der Waals surface area contributed by atoms with Crippen molar-refractivity contribution < 1.29 is 14.3 Å². The van der Waals surface area contributed by atoms with Gasteiger partial charge in [-0.25, -0.2) is 0 Å². The number of nitrogens with one attached hydrogen (secondary N) is 1. The fourth-order valence-corrected chi connectivity index (χ4v) is 2.32. The number of hydrogen-bond acceptors (Lipinski definition) is 3. The first-order chi connectivity index (χ1) is 10.6. The Balaban J connectivity index is 1.90. The summed E-state index contributed by atoms with van der Waals surface area (Å²) in [5.41, 5.74) is 1.73. The monoisotopic (exact) mass is 363 g/mol. The van der Waals surface area contributed by atoms with Crippen LogP contribution in [0.5, 0.6) is 11.5 Å². The zero-order valence-electron chi connectivity index (χ0n) is 12.6. The molecule has 0 saturated heterocycles. The highest BCUT2D eigenvalue weighted by Gasteiger charge is 2.07. The molecule has 0 atom stereocenters. The van der Waals surface area contributed by atoms with Crippen molar-refractivity contribution in [1.82, 2.24) is 5.32 Å². The Labute approximate surface area is 138 Å². The molecule has 5 heteroatoms. The Morgan fingerprint density at radius 3 is 2.36 bits per heavy atom. The quantitative estimate of drug-likeness (QED) is 0.854. The summed E-state index contributed by atoms with van der Waals surface area (Å²) >= 11 is 3.35. The highest BCUT2D eigenvalue weighted by Crippen LogP contribution is 2.27. The van der Waals surface area contributed by atoms with Gasteiger partial charge in [-0.3, -0.25) is 4.79 Å². The van der Waals surface area contributed by atoms with Gasteiger partial charge in [-0.05, 0) is 48.4 Å². The third-order valence-corrected chi connectivity index (χ3v) is 3.78. The van der Waals surface area contributed by atoms with Crippen LogP contribution in [0.25, 0.3) is 0 Å². The van der Waals surface area contributed by atoms with Gasteiger partial charge in [0.05, 0.1) is 14.2 Å². The van der Waals surface area contributed by atoms with Gasteiger partial charge in [-0.15, -0.1) is 0 Å². The van der Waals surface area contributed by atoms with Crippen molar-refractivity contribution in [3.63, 3.8) is 0 Å². The first-order valence-electron chi connectivity index (χ1n) is 6.88. The van der Waals surface area contributed by atoms with Gasteiger partial charge in [0.2, 0.25) is 0 Å². The number of hydrogen-bond donors (Lipinski definition) is 1. The lowest BCUT2D eigenvalue weighted by Crippen LogP contribution is -2.25. The molecule has 0 aliphatic rings. The van der Waals surface area contributed by atoms with E-state index >= 15 is 0 Å². The third-order valence-electron chi connectivity index (χ3n) is 3.25. The van der Waals surface area contributed by atoms with Gasteiger partial charge in [0.25, 0.3) is 5.91 Å². The van der Waals surface area contributed by atoms with Gasteiger partial charge in [-0.2, -0.15) is 0 Å². The lowest BCUT2D eigenvalue weighted by atomic mass is 10.1. The van der Waals surface area contributed by atoms with Crippen molar-refractivity contribution in [2.45, 2.75) is 6.42 Å². The predicted octanol–water partition coefficient (Wildman–Crippen LogP) is 3.44. The highest BCUT2D eigenvalue weighted by molar-refractivity contribution is 9.10. The molecule has 1 amide bonds. The molecule has 0 aliphatic heterocycles. The lowest BCUT2D eigenvalue weighted by molar-refractivity contribution is 0.0954. The van der Waals surface area contributed by atoms with E-state index < -0.39 is 0 Å². The van der Waals surface area contributed by atoms with E-state index in [1.54, 1.807) is 26.4 Å². The molecule has 2 aromatic carbocycles. The summed E-state index contributed by atoms with van der Waals surface area (Å²) in [5, 5.41) is 2.91. The van der Waals surface area contributed by atoms with Gasteiger partial charge >= 0.3 is 0 Å². The summed E-state index contributed by atoms with van der Waals surface area (Å²) < 4.78 is 11.4. The molecule has 1 N–H and O–H groups in total. The molecule has 116 valence electrons. The Hall–Kier alpha value is -2.01. The molecular weight excluding hydrogens is 346 g/mol. The molecule has 4 nitrogen and oxygen atoms in total. The minimum atomic E-state index is -0.0759. The van der Waals surface area contributed by atoms with E-state index in [-0.39, 0.29) is 5.91 Å². The van der Waals surface area contributed by atoms with Crippen molar-refractivity contribution in [3.8, 4) is 11.5 Å². The largest absolute Gasteiger partial charge is 0.493 e. The van der Waals surface area contributed by atoms with Crippen LogP contribution in [0.2, 0.25) is 0 Å². The average molecular weight is 364 g/mol. The van der Waals surface area contributed by atoms with E-state index in [0.29, 0.717) is 23.6 Å². The van der Waals surface area contributed by atoms with Crippen LogP contribution in [0.4, 0.5) is 0 Å². The van der Waals surface area contributed by atoms with Crippen LogP contribution in [0.1, 0.15) is 15.9 Å². The van der Waals surface area contributed by atoms with Crippen LogP contribution in [0, 0.1) is 0 Å². The number of methoxy groups -OCH3 is 2. The Kier molecular flexibility index (Phi) is 5.83. The van der Waals surface area contributed by atoms with Crippen molar-refractivity contribution >= 4 is 21.8 Å². The summed E-state index contributed by atoms with van der Waals surface area (Å²) in [6.07, 6.45) is 0.725. The Morgan fingerprint density at radius 1 is 1.05 bits per heavy atom. The number of amides is 1. The van der Waals surface area contributed by atoms with Gasteiger partial charge in [0.15, 0.2) is 11.5 Å². The van der Waals surface area contributed by atoms with Crippen LogP contribution >= 0.6 is 15.9 Å². The molecule has 2 rings (SSSR count).